The maximum atomic E-state index is 3.69. The van der Waals surface area contributed by atoms with Crippen molar-refractivity contribution in [1.82, 2.24) is 5.32 Å². The second-order valence-electron chi connectivity index (χ2n) is 2.34. The molecular weight excluding hydrogens is 110 g/mol. The highest BCUT2D eigenvalue weighted by Gasteiger charge is 2.04. The molecule has 1 rings (SSSR count). The average molecular weight is 123 g/mol. The van der Waals surface area contributed by atoms with Crippen LogP contribution in [0.3, 0.4) is 0 Å². The van der Waals surface area contributed by atoms with E-state index in [4.69, 9.17) is 0 Å². The fourth-order valence-corrected chi connectivity index (χ4v) is 1.04. The molecule has 0 aromatic carbocycles. The zero-order valence-electron chi connectivity index (χ0n) is 5.64. The van der Waals surface area contributed by atoms with Crippen molar-refractivity contribution in [3.63, 3.8) is 0 Å². The minimum Gasteiger partial charge on any atom is -0.310 e. The Bertz CT molecular complexity index is 116. The van der Waals surface area contributed by atoms with E-state index in [1.54, 1.807) is 0 Å². The molecule has 1 nitrogen and oxygen atoms in total. The first kappa shape index (κ1) is 6.56. The van der Waals surface area contributed by atoms with Crippen molar-refractivity contribution >= 4 is 0 Å². The van der Waals surface area contributed by atoms with Gasteiger partial charge in [0.05, 0.1) is 0 Å². The first-order valence-electron chi connectivity index (χ1n) is 3.43. The zero-order valence-corrected chi connectivity index (χ0v) is 5.64. The van der Waals surface area contributed by atoms with Gasteiger partial charge in [-0.05, 0) is 12.8 Å². The Balaban J connectivity index is 2.26. The van der Waals surface area contributed by atoms with E-state index in [2.05, 4.69) is 24.0 Å². The topological polar surface area (TPSA) is 12.0 Å². The van der Waals surface area contributed by atoms with Gasteiger partial charge < -0.3 is 5.32 Å². The maximum absolute atomic E-state index is 3.69. The molecule has 1 atom stereocenters. The first-order valence-corrected chi connectivity index (χ1v) is 3.43. The molecule has 1 aliphatic heterocycles. The third-order valence-corrected chi connectivity index (χ3v) is 1.56. The van der Waals surface area contributed by atoms with Crippen LogP contribution in [0.2, 0.25) is 0 Å². The second-order valence-corrected chi connectivity index (χ2v) is 2.34. The summed E-state index contributed by atoms with van der Waals surface area (Å²) >= 11 is 0. The van der Waals surface area contributed by atoms with Crippen LogP contribution in [0.1, 0.15) is 12.8 Å². The van der Waals surface area contributed by atoms with E-state index >= 15 is 0 Å². The van der Waals surface area contributed by atoms with E-state index in [9.17, 15) is 0 Å². The summed E-state index contributed by atoms with van der Waals surface area (Å²) in [6.45, 7) is 4.72. The van der Waals surface area contributed by atoms with Gasteiger partial charge in [0.1, 0.15) is 0 Å². The molecule has 0 spiro atoms. The highest BCUT2D eigenvalue weighted by Crippen LogP contribution is 2.03. The minimum atomic E-state index is 0.646. The summed E-state index contributed by atoms with van der Waals surface area (Å²) in [5.74, 6) is 0. The molecule has 9 heavy (non-hydrogen) atoms. The smallest absolute Gasteiger partial charge is 0.0139 e. The summed E-state index contributed by atoms with van der Waals surface area (Å²) < 4.78 is 0. The van der Waals surface area contributed by atoms with E-state index in [1.807, 2.05) is 6.08 Å². The van der Waals surface area contributed by atoms with Crippen LogP contribution < -0.4 is 5.32 Å². The molecule has 0 saturated heterocycles. The lowest BCUT2D eigenvalue weighted by atomic mass is 10.1. The third kappa shape index (κ3) is 2.02. The summed E-state index contributed by atoms with van der Waals surface area (Å²) in [5, 5.41) is 3.36. The van der Waals surface area contributed by atoms with Crippen LogP contribution in [0.4, 0.5) is 0 Å². The molecule has 1 heteroatoms. The second kappa shape index (κ2) is 3.46. The molecule has 1 N–H and O–H groups in total. The quantitative estimate of drug-likeness (QED) is 0.548. The van der Waals surface area contributed by atoms with Crippen molar-refractivity contribution in [2.45, 2.75) is 18.9 Å². The van der Waals surface area contributed by atoms with Crippen LogP contribution in [-0.2, 0) is 0 Å². The van der Waals surface area contributed by atoms with Crippen molar-refractivity contribution < 1.29 is 0 Å². The Kier molecular flexibility index (Phi) is 2.52. The Morgan fingerprint density at radius 3 is 3.11 bits per heavy atom. The molecule has 0 amide bonds. The molecule has 0 radical (unpaired) electrons. The molecule has 0 aliphatic carbocycles. The van der Waals surface area contributed by atoms with Gasteiger partial charge in [-0.15, -0.1) is 6.58 Å². The van der Waals surface area contributed by atoms with Crippen LogP contribution in [0, 0.1) is 0 Å². The zero-order chi connectivity index (χ0) is 6.53. The van der Waals surface area contributed by atoms with Gasteiger partial charge in [-0.25, -0.2) is 0 Å². The Labute approximate surface area is 56.5 Å². The van der Waals surface area contributed by atoms with Gasteiger partial charge in [-0.3, -0.25) is 0 Å². The minimum absolute atomic E-state index is 0.646. The van der Waals surface area contributed by atoms with E-state index in [1.165, 1.54) is 0 Å². The number of rotatable bonds is 2. The molecule has 0 bridgehead atoms. The monoisotopic (exact) mass is 123 g/mol. The molecule has 0 aromatic heterocycles. The molecule has 1 heterocycles. The van der Waals surface area contributed by atoms with Crippen LogP contribution in [0.25, 0.3) is 0 Å². The normalized spacial score (nSPS) is 26.0. The van der Waals surface area contributed by atoms with Gasteiger partial charge in [0.2, 0.25) is 0 Å². The van der Waals surface area contributed by atoms with Crippen LogP contribution in [0.5, 0.6) is 0 Å². The predicted octanol–water partition coefficient (Wildman–Crippen LogP) is 1.48. The van der Waals surface area contributed by atoms with E-state index in [0.29, 0.717) is 6.04 Å². The highest BCUT2D eigenvalue weighted by atomic mass is 14.9. The lowest BCUT2D eigenvalue weighted by molar-refractivity contribution is 0.534. The molecule has 0 saturated carbocycles. The maximum Gasteiger partial charge on any atom is 0.0139 e. The van der Waals surface area contributed by atoms with Crippen molar-refractivity contribution in [3.8, 4) is 0 Å². The predicted molar refractivity (Wildman–Crippen MR) is 40.4 cm³/mol. The SMILES string of the molecule is C=CCC1CC=CCN1. The first-order chi connectivity index (χ1) is 4.43. The van der Waals surface area contributed by atoms with Crippen molar-refractivity contribution in [3.05, 3.63) is 24.8 Å². The Morgan fingerprint density at radius 2 is 2.56 bits per heavy atom. The Hall–Kier alpha value is -0.560. The highest BCUT2D eigenvalue weighted by molar-refractivity contribution is 4.95. The largest absolute Gasteiger partial charge is 0.310 e. The standard InChI is InChI=1S/C8H13N/c1-2-5-8-6-3-4-7-9-8/h2-4,8-9H,1,5-7H2. The van der Waals surface area contributed by atoms with Crippen LogP contribution in [-0.4, -0.2) is 12.6 Å². The fourth-order valence-electron chi connectivity index (χ4n) is 1.04. The summed E-state index contributed by atoms with van der Waals surface area (Å²) in [6.07, 6.45) is 8.61. The molecule has 0 aromatic rings. The van der Waals surface area contributed by atoms with Gasteiger partial charge in [-0.2, -0.15) is 0 Å². The summed E-state index contributed by atoms with van der Waals surface area (Å²) in [4.78, 5) is 0. The third-order valence-electron chi connectivity index (χ3n) is 1.56. The van der Waals surface area contributed by atoms with Crippen molar-refractivity contribution in [2.75, 3.05) is 6.54 Å². The molecule has 50 valence electrons. The van der Waals surface area contributed by atoms with Crippen LogP contribution >= 0.6 is 0 Å². The number of hydrogen-bond acceptors (Lipinski definition) is 1. The van der Waals surface area contributed by atoms with Gasteiger partial charge in [0.15, 0.2) is 0 Å². The lowest BCUT2D eigenvalue weighted by Gasteiger charge is -2.17. The summed E-state index contributed by atoms with van der Waals surface area (Å²) in [6, 6.07) is 0.646. The Morgan fingerprint density at radius 1 is 1.67 bits per heavy atom. The number of nitrogens with one attached hydrogen (secondary N) is 1. The lowest BCUT2D eigenvalue weighted by Crippen LogP contribution is -2.30. The van der Waals surface area contributed by atoms with Gasteiger partial charge in [-0.1, -0.05) is 18.2 Å². The van der Waals surface area contributed by atoms with Crippen LogP contribution in [0.15, 0.2) is 24.8 Å². The summed E-state index contributed by atoms with van der Waals surface area (Å²) in [5.41, 5.74) is 0. The van der Waals surface area contributed by atoms with E-state index in [0.717, 1.165) is 19.4 Å². The molecule has 1 aliphatic rings. The van der Waals surface area contributed by atoms with Gasteiger partial charge >= 0.3 is 0 Å². The molecule has 1 unspecified atom stereocenters. The summed E-state index contributed by atoms with van der Waals surface area (Å²) in [7, 11) is 0. The van der Waals surface area contributed by atoms with Gasteiger partial charge in [0, 0.05) is 12.6 Å². The fraction of sp³-hybridized carbons (Fsp3) is 0.500. The average Bonchev–Trinajstić information content (AvgIpc) is 1.91. The number of hydrogen-bond donors (Lipinski definition) is 1. The van der Waals surface area contributed by atoms with Crippen molar-refractivity contribution in [2.24, 2.45) is 0 Å². The van der Waals surface area contributed by atoms with Gasteiger partial charge in [0.25, 0.3) is 0 Å². The molecule has 0 fully saturated rings. The van der Waals surface area contributed by atoms with E-state index < -0.39 is 0 Å². The van der Waals surface area contributed by atoms with Crippen molar-refractivity contribution in [1.29, 1.82) is 0 Å². The van der Waals surface area contributed by atoms with E-state index in [-0.39, 0.29) is 0 Å². The molecular formula is C8H13N.